The van der Waals surface area contributed by atoms with Gasteiger partial charge in [0.2, 0.25) is 17.8 Å². The predicted octanol–water partition coefficient (Wildman–Crippen LogP) is -0.0362. The lowest BCUT2D eigenvalue weighted by Gasteiger charge is -2.29. The predicted molar refractivity (Wildman–Crippen MR) is 250 cm³/mol. The van der Waals surface area contributed by atoms with Gasteiger partial charge in [-0.1, -0.05) is 34.6 Å². The first kappa shape index (κ1) is 56.0. The molecule has 404 valence electrons. The van der Waals surface area contributed by atoms with E-state index in [1.807, 2.05) is 0 Å². The van der Waals surface area contributed by atoms with Crippen LogP contribution in [-0.4, -0.2) is 169 Å². The van der Waals surface area contributed by atoms with E-state index in [0.29, 0.717) is 33.0 Å². The van der Waals surface area contributed by atoms with Gasteiger partial charge in [0.05, 0.1) is 85.1 Å². The summed E-state index contributed by atoms with van der Waals surface area (Å²) >= 11 is 0. The zero-order valence-electron chi connectivity index (χ0n) is 40.6. The molecule has 4 aromatic rings. The summed E-state index contributed by atoms with van der Waals surface area (Å²) in [6.45, 7) is 8.95. The summed E-state index contributed by atoms with van der Waals surface area (Å²) in [5.74, 6) is -3.30. The minimum absolute atomic E-state index is 0.0126. The Labute approximate surface area is 415 Å². The number of anilines is 1. The van der Waals surface area contributed by atoms with Crippen LogP contribution in [0.4, 0.5) is 5.95 Å². The Morgan fingerprint density at radius 3 is 1.88 bits per heavy atom. The van der Waals surface area contributed by atoms with Gasteiger partial charge in [0, 0.05) is 30.7 Å². The van der Waals surface area contributed by atoms with Gasteiger partial charge in [-0.3, -0.25) is 61.5 Å². The standard InChI is InChI=1S/C41H61N11O19P2/c1-21(2)24(53)16-27-45-34-30(37(56)46-27)43-19-51(34)39-23(5)32-25(68-39)17-66-73(60,61)71-33-26(18-67-72(58,59)70-32)69-40(52-20-44-31-35(52)48-41(50-38(31)57)49-36(55)22(3)4)29(33)47-28(54)6-8-62-10-12-64-14-15-65-13-11-63-9-7-42/h19-23,25-26,29,32-33,39-40H,6-18,42H2,1-5H3,(H,47,54)(H,58,59)(H,60,61)(H,45,46,56)(H2,48,49,50,55,57)/t23?,25-,26-,29?,32-,33+,39-,40-/m1/s1. The number of nitrogens with one attached hydrogen (secondary N) is 4. The lowest BCUT2D eigenvalue weighted by Crippen LogP contribution is -2.48. The number of rotatable bonds is 22. The highest BCUT2D eigenvalue weighted by Gasteiger charge is 2.54. The molecule has 0 saturated carbocycles. The van der Waals surface area contributed by atoms with Crippen molar-refractivity contribution in [3.05, 3.63) is 39.2 Å². The first-order valence-electron chi connectivity index (χ1n) is 23.4. The molecular formula is C41H61N11O19P2. The van der Waals surface area contributed by atoms with Crippen molar-refractivity contribution < 1.29 is 79.8 Å². The van der Waals surface area contributed by atoms with Crippen molar-refractivity contribution >= 4 is 61.5 Å². The third kappa shape index (κ3) is 14.1. The number of Topliss-reactive ketones (excluding diaryl/α,β-unsaturated/α-hetero) is 1. The number of aromatic nitrogens is 8. The summed E-state index contributed by atoms with van der Waals surface area (Å²) in [7, 11) is -10.4. The Balaban J connectivity index is 1.11. The number of hydrogen-bond acceptors (Lipinski definition) is 22. The van der Waals surface area contributed by atoms with Crippen LogP contribution in [0.15, 0.2) is 22.2 Å². The lowest BCUT2D eigenvalue weighted by atomic mass is 10.0. The maximum absolute atomic E-state index is 14.0. The number of nitrogens with zero attached hydrogens (tertiary/aromatic N) is 6. The highest BCUT2D eigenvalue weighted by Crippen LogP contribution is 2.54. The molecule has 10 atom stereocenters. The van der Waals surface area contributed by atoms with E-state index in [0.717, 1.165) is 6.33 Å². The van der Waals surface area contributed by atoms with E-state index in [1.54, 1.807) is 34.6 Å². The normalized spacial score (nSPS) is 27.8. The molecule has 0 bridgehead atoms. The molecule has 7 heterocycles. The number of nitrogens with two attached hydrogens (primary N) is 1. The first-order valence-corrected chi connectivity index (χ1v) is 26.4. The summed E-state index contributed by atoms with van der Waals surface area (Å²) in [6, 6.07) is -1.49. The molecule has 3 saturated heterocycles. The number of hydrogen-bond donors (Lipinski definition) is 7. The van der Waals surface area contributed by atoms with Crippen LogP contribution in [0.5, 0.6) is 0 Å². The number of H-pyrrole nitrogens is 2. The number of ether oxygens (including phenoxy) is 6. The number of amides is 2. The van der Waals surface area contributed by atoms with Crippen molar-refractivity contribution in [1.29, 1.82) is 0 Å². The van der Waals surface area contributed by atoms with Crippen molar-refractivity contribution in [2.75, 3.05) is 77.9 Å². The van der Waals surface area contributed by atoms with E-state index in [2.05, 4.69) is 40.5 Å². The number of phosphoric acid groups is 2. The topological polar surface area (TPSA) is 395 Å². The summed E-state index contributed by atoms with van der Waals surface area (Å²) < 4.78 is 87.2. The molecule has 73 heavy (non-hydrogen) atoms. The molecule has 8 N–H and O–H groups in total. The van der Waals surface area contributed by atoms with Crippen LogP contribution in [0.25, 0.3) is 22.3 Å². The number of ketones is 1. The molecule has 0 spiro atoms. The number of imidazole rings is 2. The van der Waals surface area contributed by atoms with Crippen LogP contribution < -0.4 is 27.5 Å². The van der Waals surface area contributed by atoms with Crippen molar-refractivity contribution in [3.8, 4) is 0 Å². The van der Waals surface area contributed by atoms with Crippen molar-refractivity contribution in [2.24, 2.45) is 23.5 Å². The minimum Gasteiger partial charge on any atom is -0.379 e. The molecule has 0 aromatic carbocycles. The van der Waals surface area contributed by atoms with E-state index in [1.165, 1.54) is 15.5 Å². The molecule has 32 heteroatoms. The van der Waals surface area contributed by atoms with E-state index in [9.17, 15) is 42.9 Å². The maximum atomic E-state index is 14.0. The maximum Gasteiger partial charge on any atom is 0.472 e. The molecule has 0 aliphatic carbocycles. The summed E-state index contributed by atoms with van der Waals surface area (Å²) in [5.41, 5.74) is 3.50. The second kappa shape index (κ2) is 24.7. The number of carbonyl (C=O) groups excluding carboxylic acids is 3. The van der Waals surface area contributed by atoms with Gasteiger partial charge in [-0.2, -0.15) is 4.98 Å². The molecule has 0 radical (unpaired) electrons. The van der Waals surface area contributed by atoms with Gasteiger partial charge >= 0.3 is 15.6 Å². The largest absolute Gasteiger partial charge is 0.472 e. The Kier molecular flexibility index (Phi) is 19.0. The van der Waals surface area contributed by atoms with E-state index in [4.69, 9.17) is 52.2 Å². The summed E-state index contributed by atoms with van der Waals surface area (Å²) in [6.07, 6.45) is -6.79. The SMILES string of the molecule is CC(C)C(=O)Cc1nc2c(ncn2[C@@H]2O[C@@H]3COP(=O)(O)O[C@@H]4C(NC(=O)CCOCCOCCOCCOCCN)[C@H](n5cnc6c(=O)[nH]c(NC(=O)C(C)C)nc65)O[C@@H]4COP(=O)(O)O[C@@H]3C2C)c(=O)[nH]1. The lowest BCUT2D eigenvalue weighted by molar-refractivity contribution is -0.124. The molecule has 7 rings (SSSR count). The fraction of sp³-hybridized carbons (Fsp3) is 0.683. The van der Waals surface area contributed by atoms with Crippen LogP contribution in [0.3, 0.4) is 0 Å². The smallest absolute Gasteiger partial charge is 0.379 e. The fourth-order valence-electron chi connectivity index (χ4n) is 7.91. The molecule has 30 nitrogen and oxygen atoms in total. The Morgan fingerprint density at radius 2 is 1.29 bits per heavy atom. The Morgan fingerprint density at radius 1 is 0.767 bits per heavy atom. The summed E-state index contributed by atoms with van der Waals surface area (Å²) in [5, 5.41) is 5.23. The highest BCUT2D eigenvalue weighted by atomic mass is 31.2. The Hall–Kier alpha value is -4.75. The van der Waals surface area contributed by atoms with Crippen molar-refractivity contribution in [3.63, 3.8) is 0 Å². The van der Waals surface area contributed by atoms with Crippen molar-refractivity contribution in [2.45, 2.75) is 90.4 Å². The van der Waals surface area contributed by atoms with Crippen LogP contribution >= 0.6 is 15.6 Å². The fourth-order valence-corrected chi connectivity index (χ4v) is 9.91. The second-order valence-electron chi connectivity index (χ2n) is 17.8. The van der Waals surface area contributed by atoms with Crippen LogP contribution in [0, 0.1) is 17.8 Å². The Bertz CT molecular complexity index is 2790. The third-order valence-corrected chi connectivity index (χ3v) is 13.7. The molecule has 3 aliphatic heterocycles. The molecule has 2 amide bonds. The van der Waals surface area contributed by atoms with Gasteiger partial charge in [-0.25, -0.2) is 24.1 Å². The van der Waals surface area contributed by atoms with Crippen LogP contribution in [0.1, 0.15) is 59.3 Å². The second-order valence-corrected chi connectivity index (χ2v) is 20.6. The average molecular weight is 1070 g/mol. The molecule has 3 fully saturated rings. The number of phosphoric ester groups is 2. The number of fused-ring (bicyclic) bond motifs is 4. The van der Waals surface area contributed by atoms with Gasteiger partial charge in [0.15, 0.2) is 28.6 Å². The molecule has 4 unspecified atom stereocenters. The van der Waals surface area contributed by atoms with E-state index < -0.39 is 107 Å². The average Bonchev–Trinajstić information content (AvgIpc) is 4.10. The van der Waals surface area contributed by atoms with Crippen LogP contribution in [0.2, 0.25) is 0 Å². The quantitative estimate of drug-likeness (QED) is 0.0401. The monoisotopic (exact) mass is 1070 g/mol. The van der Waals surface area contributed by atoms with E-state index in [-0.39, 0.29) is 85.1 Å². The first-order chi connectivity index (χ1) is 34.8. The number of aromatic amines is 2. The van der Waals surface area contributed by atoms with Crippen LogP contribution in [-0.2, 0) is 76.5 Å². The van der Waals surface area contributed by atoms with E-state index >= 15 is 0 Å². The minimum atomic E-state index is -5.25. The van der Waals surface area contributed by atoms with Gasteiger partial charge in [-0.05, 0) is 0 Å². The number of carbonyl (C=O) groups is 3. The van der Waals surface area contributed by atoms with Gasteiger partial charge in [0.25, 0.3) is 11.1 Å². The summed E-state index contributed by atoms with van der Waals surface area (Å²) in [4.78, 5) is 110. The third-order valence-electron chi connectivity index (χ3n) is 11.7. The zero-order valence-corrected chi connectivity index (χ0v) is 42.4. The van der Waals surface area contributed by atoms with Crippen molar-refractivity contribution in [1.82, 2.24) is 44.4 Å². The van der Waals surface area contributed by atoms with Gasteiger partial charge in [-0.15, -0.1) is 0 Å². The zero-order chi connectivity index (χ0) is 52.6. The highest BCUT2D eigenvalue weighted by molar-refractivity contribution is 7.47. The van der Waals surface area contributed by atoms with Gasteiger partial charge < -0.3 is 54.2 Å². The molecule has 3 aliphatic rings. The molecule has 4 aromatic heterocycles. The van der Waals surface area contributed by atoms with Gasteiger partial charge in [0.1, 0.15) is 48.3 Å². The molecular weight excluding hydrogens is 1010 g/mol.